The minimum Gasteiger partial charge on any atom is -0.341 e. The molecule has 0 radical (unpaired) electrons. The quantitative estimate of drug-likeness (QED) is 0.875. The molecule has 1 N–H and O–H groups in total. The minimum atomic E-state index is -0.476. The first-order chi connectivity index (χ1) is 11.5. The summed E-state index contributed by atoms with van der Waals surface area (Å²) < 4.78 is 0. The Morgan fingerprint density at radius 1 is 1.12 bits per heavy atom. The van der Waals surface area contributed by atoms with E-state index in [1.807, 2.05) is 18.7 Å². The molecule has 2 unspecified atom stereocenters. The lowest BCUT2D eigenvalue weighted by Crippen LogP contribution is -2.52. The van der Waals surface area contributed by atoms with Crippen molar-refractivity contribution in [2.24, 2.45) is 5.92 Å². The van der Waals surface area contributed by atoms with Crippen LogP contribution >= 0.6 is 11.6 Å². The second-order valence-electron chi connectivity index (χ2n) is 6.58. The highest BCUT2D eigenvalue weighted by Gasteiger charge is 2.30. The summed E-state index contributed by atoms with van der Waals surface area (Å²) in [5.41, 5.74) is 0.524. The van der Waals surface area contributed by atoms with E-state index in [-0.39, 0.29) is 17.7 Å². The number of amides is 2. The van der Waals surface area contributed by atoms with Gasteiger partial charge in [0.05, 0.1) is 0 Å². The maximum atomic E-state index is 13.0. The van der Waals surface area contributed by atoms with Gasteiger partial charge in [0.15, 0.2) is 0 Å². The highest BCUT2D eigenvalue weighted by molar-refractivity contribution is 6.30. The Morgan fingerprint density at radius 3 is 2.25 bits per heavy atom. The Hall–Kier alpha value is -1.55. The largest absolute Gasteiger partial charge is 0.341 e. The second kappa shape index (κ2) is 9.07. The number of benzene rings is 1. The van der Waals surface area contributed by atoms with Crippen molar-refractivity contribution in [3.63, 3.8) is 0 Å². The van der Waals surface area contributed by atoms with Gasteiger partial charge < -0.3 is 10.2 Å². The van der Waals surface area contributed by atoms with Gasteiger partial charge >= 0.3 is 0 Å². The fraction of sp³-hybridized carbons (Fsp3) is 0.579. The third kappa shape index (κ3) is 4.97. The summed E-state index contributed by atoms with van der Waals surface area (Å²) in [6.45, 7) is 5.65. The number of carbonyl (C=O) groups is 2. The topological polar surface area (TPSA) is 49.4 Å². The second-order valence-corrected chi connectivity index (χ2v) is 7.02. The van der Waals surface area contributed by atoms with Crippen molar-refractivity contribution >= 4 is 23.4 Å². The zero-order valence-electron chi connectivity index (χ0n) is 14.6. The summed E-state index contributed by atoms with van der Waals surface area (Å²) >= 11 is 5.87. The van der Waals surface area contributed by atoms with E-state index >= 15 is 0 Å². The van der Waals surface area contributed by atoms with E-state index in [0.29, 0.717) is 10.6 Å². The average molecular weight is 351 g/mol. The molecule has 2 rings (SSSR count). The molecule has 1 aliphatic heterocycles. The first kappa shape index (κ1) is 18.8. The van der Waals surface area contributed by atoms with Crippen molar-refractivity contribution in [2.75, 3.05) is 13.1 Å². The smallest absolute Gasteiger partial charge is 0.251 e. The molecule has 0 aromatic heterocycles. The summed E-state index contributed by atoms with van der Waals surface area (Å²) in [6, 6.07) is 6.26. The number of halogens is 1. The summed E-state index contributed by atoms with van der Waals surface area (Å²) in [5, 5.41) is 3.54. The van der Waals surface area contributed by atoms with Crippen LogP contribution in [0, 0.1) is 5.92 Å². The van der Waals surface area contributed by atoms with Gasteiger partial charge in [0.2, 0.25) is 5.91 Å². The van der Waals surface area contributed by atoms with Gasteiger partial charge in [-0.3, -0.25) is 9.59 Å². The molecule has 5 heteroatoms. The molecule has 0 spiro atoms. The van der Waals surface area contributed by atoms with E-state index in [0.717, 1.165) is 32.4 Å². The number of nitrogens with one attached hydrogen (secondary N) is 1. The van der Waals surface area contributed by atoms with E-state index < -0.39 is 6.04 Å². The standard InChI is InChI=1S/C19H27ClN2O2/c1-3-14(2)17(19(24)22-12-6-4-5-7-13-22)21-18(23)15-8-10-16(20)11-9-15/h8-11,14,17H,3-7,12-13H2,1-2H3,(H,21,23). The fourth-order valence-corrected chi connectivity index (χ4v) is 3.12. The van der Waals surface area contributed by atoms with Crippen LogP contribution in [0.5, 0.6) is 0 Å². The fourth-order valence-electron chi connectivity index (χ4n) is 3.00. The van der Waals surface area contributed by atoms with Gasteiger partial charge in [-0.25, -0.2) is 0 Å². The summed E-state index contributed by atoms with van der Waals surface area (Å²) in [4.78, 5) is 27.4. The Kier molecular flexibility index (Phi) is 7.10. The third-order valence-corrected chi connectivity index (χ3v) is 5.04. The molecule has 1 fully saturated rings. The zero-order chi connectivity index (χ0) is 17.5. The molecule has 1 heterocycles. The Morgan fingerprint density at radius 2 is 1.71 bits per heavy atom. The SMILES string of the molecule is CCC(C)C(NC(=O)c1ccc(Cl)cc1)C(=O)N1CCCCCC1. The molecule has 2 amide bonds. The van der Waals surface area contributed by atoms with Crippen molar-refractivity contribution in [1.82, 2.24) is 10.2 Å². The highest BCUT2D eigenvalue weighted by Crippen LogP contribution is 2.17. The van der Waals surface area contributed by atoms with Gasteiger partial charge in [0.1, 0.15) is 6.04 Å². The molecule has 1 aromatic carbocycles. The van der Waals surface area contributed by atoms with E-state index in [1.165, 1.54) is 12.8 Å². The van der Waals surface area contributed by atoms with Crippen LogP contribution in [0.15, 0.2) is 24.3 Å². The molecule has 132 valence electrons. The van der Waals surface area contributed by atoms with Crippen LogP contribution in [0.3, 0.4) is 0 Å². The number of hydrogen-bond acceptors (Lipinski definition) is 2. The number of nitrogens with zero attached hydrogens (tertiary/aromatic N) is 1. The van der Waals surface area contributed by atoms with Gasteiger partial charge in [-0.2, -0.15) is 0 Å². The van der Waals surface area contributed by atoms with Gasteiger partial charge in [-0.1, -0.05) is 44.7 Å². The van der Waals surface area contributed by atoms with Crippen LogP contribution < -0.4 is 5.32 Å². The lowest BCUT2D eigenvalue weighted by molar-refractivity contribution is -0.134. The minimum absolute atomic E-state index is 0.0496. The van der Waals surface area contributed by atoms with E-state index in [2.05, 4.69) is 5.32 Å². The molecule has 1 saturated heterocycles. The van der Waals surface area contributed by atoms with Gasteiger partial charge in [-0.05, 0) is 43.0 Å². The van der Waals surface area contributed by atoms with Crippen LogP contribution in [0.25, 0.3) is 0 Å². The number of likely N-dealkylation sites (tertiary alicyclic amines) is 1. The molecule has 1 aliphatic rings. The first-order valence-corrected chi connectivity index (χ1v) is 9.26. The van der Waals surface area contributed by atoms with Gasteiger partial charge in [0, 0.05) is 23.7 Å². The Bertz CT molecular complexity index is 551. The summed E-state index contributed by atoms with van der Waals surface area (Å²) in [7, 11) is 0. The molecular formula is C19H27ClN2O2. The van der Waals surface area contributed by atoms with Crippen molar-refractivity contribution in [3.8, 4) is 0 Å². The maximum absolute atomic E-state index is 13.0. The number of rotatable bonds is 5. The number of hydrogen-bond donors (Lipinski definition) is 1. The molecule has 4 nitrogen and oxygen atoms in total. The Balaban J connectivity index is 2.10. The number of carbonyl (C=O) groups excluding carboxylic acids is 2. The Labute approximate surface area is 149 Å². The summed E-state index contributed by atoms with van der Waals surface area (Å²) in [5.74, 6) is -0.0781. The van der Waals surface area contributed by atoms with E-state index in [4.69, 9.17) is 11.6 Å². The highest BCUT2D eigenvalue weighted by atomic mass is 35.5. The average Bonchev–Trinajstić information content (AvgIpc) is 2.88. The molecule has 0 bridgehead atoms. The predicted molar refractivity (Wildman–Crippen MR) is 97.2 cm³/mol. The van der Waals surface area contributed by atoms with Crippen molar-refractivity contribution in [1.29, 1.82) is 0 Å². The maximum Gasteiger partial charge on any atom is 0.251 e. The van der Waals surface area contributed by atoms with Crippen LogP contribution in [0.2, 0.25) is 5.02 Å². The monoisotopic (exact) mass is 350 g/mol. The third-order valence-electron chi connectivity index (χ3n) is 4.79. The normalized spacial score (nSPS) is 17.7. The molecule has 0 aliphatic carbocycles. The molecule has 2 atom stereocenters. The lowest BCUT2D eigenvalue weighted by atomic mass is 9.97. The van der Waals surface area contributed by atoms with Crippen molar-refractivity contribution in [3.05, 3.63) is 34.9 Å². The molecular weight excluding hydrogens is 324 g/mol. The van der Waals surface area contributed by atoms with Crippen molar-refractivity contribution < 1.29 is 9.59 Å². The van der Waals surface area contributed by atoms with Crippen LogP contribution in [-0.2, 0) is 4.79 Å². The predicted octanol–water partition coefficient (Wildman–Crippen LogP) is 3.89. The lowest BCUT2D eigenvalue weighted by Gasteiger charge is -2.30. The molecule has 1 aromatic rings. The van der Waals surface area contributed by atoms with Crippen LogP contribution in [0.1, 0.15) is 56.3 Å². The first-order valence-electron chi connectivity index (χ1n) is 8.88. The van der Waals surface area contributed by atoms with E-state index in [1.54, 1.807) is 24.3 Å². The van der Waals surface area contributed by atoms with Crippen molar-refractivity contribution in [2.45, 2.75) is 52.0 Å². The van der Waals surface area contributed by atoms with E-state index in [9.17, 15) is 9.59 Å². The zero-order valence-corrected chi connectivity index (χ0v) is 15.3. The van der Waals surface area contributed by atoms with Gasteiger partial charge in [0.25, 0.3) is 5.91 Å². The molecule has 0 saturated carbocycles. The van der Waals surface area contributed by atoms with Crippen LogP contribution in [-0.4, -0.2) is 35.8 Å². The molecule has 24 heavy (non-hydrogen) atoms. The van der Waals surface area contributed by atoms with Crippen LogP contribution in [0.4, 0.5) is 0 Å². The summed E-state index contributed by atoms with van der Waals surface area (Å²) in [6.07, 6.45) is 5.28. The van der Waals surface area contributed by atoms with Gasteiger partial charge in [-0.15, -0.1) is 0 Å².